The van der Waals surface area contributed by atoms with E-state index in [-0.39, 0.29) is 29.9 Å². The van der Waals surface area contributed by atoms with Crippen LogP contribution >= 0.6 is 0 Å². The smallest absolute Gasteiger partial charge is 0.338 e. The largest absolute Gasteiger partial charge is 0.426 e. The first-order valence-electron chi connectivity index (χ1n) is 6.53. The van der Waals surface area contributed by atoms with Gasteiger partial charge in [0.15, 0.2) is 5.76 Å². The van der Waals surface area contributed by atoms with Crippen molar-refractivity contribution in [3.63, 3.8) is 0 Å². The van der Waals surface area contributed by atoms with Crippen molar-refractivity contribution in [3.8, 4) is 11.7 Å². The summed E-state index contributed by atoms with van der Waals surface area (Å²) >= 11 is 0. The van der Waals surface area contributed by atoms with E-state index in [2.05, 4.69) is 5.32 Å². The van der Waals surface area contributed by atoms with Gasteiger partial charge in [0, 0.05) is 12.6 Å². The predicted octanol–water partition coefficient (Wildman–Crippen LogP) is 1.71. The van der Waals surface area contributed by atoms with Crippen LogP contribution in [0.1, 0.15) is 10.6 Å². The lowest BCUT2D eigenvalue weighted by Gasteiger charge is -2.11. The second kappa shape index (κ2) is 7.27. The fourth-order valence-electron chi connectivity index (χ4n) is 1.59. The number of hydrogen-bond acceptors (Lipinski definition) is 5. The zero-order valence-corrected chi connectivity index (χ0v) is 11.9. The zero-order chi connectivity index (χ0) is 16.8. The van der Waals surface area contributed by atoms with E-state index < -0.39 is 17.8 Å². The molecule has 0 saturated carbocycles. The predicted molar refractivity (Wildman–Crippen MR) is 75.6 cm³/mol. The van der Waals surface area contributed by atoms with Crippen LogP contribution in [-0.4, -0.2) is 35.3 Å². The van der Waals surface area contributed by atoms with Crippen LogP contribution in [0.4, 0.5) is 9.18 Å². The van der Waals surface area contributed by atoms with E-state index in [9.17, 15) is 14.0 Å². The monoisotopic (exact) mass is 323 g/mol. The number of rotatable bonds is 6. The van der Waals surface area contributed by atoms with Crippen LogP contribution in [0.3, 0.4) is 0 Å². The molecule has 2 aromatic rings. The lowest BCUT2D eigenvalue weighted by atomic mass is 10.3. The van der Waals surface area contributed by atoms with Gasteiger partial charge in [0.1, 0.15) is 11.6 Å². The molecule has 0 atom stereocenters. The molecule has 0 saturated heterocycles. The van der Waals surface area contributed by atoms with Crippen LogP contribution in [-0.2, 0) is 0 Å². The van der Waals surface area contributed by atoms with Gasteiger partial charge in [-0.1, -0.05) is 0 Å². The van der Waals surface area contributed by atoms with Crippen molar-refractivity contribution in [2.75, 3.05) is 13.1 Å². The lowest BCUT2D eigenvalue weighted by molar-refractivity contribution is -0.0376. The molecular formula is C14H14FN3O5. The summed E-state index contributed by atoms with van der Waals surface area (Å²) in [6.45, 7) is -0.187. The number of benzene rings is 1. The number of ether oxygens (including phenoxy) is 1. The Hall–Kier alpha value is -3.07. The van der Waals surface area contributed by atoms with Gasteiger partial charge in [-0.05, 0) is 30.3 Å². The number of primary amides is 1. The number of nitrogens with zero attached hydrogens (tertiary/aromatic N) is 1. The number of nitrogens with one attached hydrogen (secondary N) is 1. The molecule has 1 aromatic heterocycles. The van der Waals surface area contributed by atoms with Crippen molar-refractivity contribution in [2.45, 2.75) is 0 Å². The van der Waals surface area contributed by atoms with E-state index in [0.29, 0.717) is 5.75 Å². The number of nitrogens with two attached hydrogens (primary N) is 1. The molecule has 8 nitrogen and oxygen atoms in total. The van der Waals surface area contributed by atoms with Gasteiger partial charge in [-0.2, -0.15) is 0 Å². The molecule has 1 aromatic carbocycles. The molecule has 0 radical (unpaired) electrons. The summed E-state index contributed by atoms with van der Waals surface area (Å²) in [7, 11) is 0. The standard InChI is InChI=1S/C14H14FN3O5/c15-9-1-3-10(4-2-9)22-12-6-5-11(23-12)13(19)17-7-8-18(21)14(16)20/h1-6,21H,7-8H2,(H2,16,20)(H,17,19). The Balaban J connectivity index is 1.87. The van der Waals surface area contributed by atoms with Gasteiger partial charge in [0.2, 0.25) is 0 Å². The van der Waals surface area contributed by atoms with Gasteiger partial charge in [-0.15, -0.1) is 0 Å². The van der Waals surface area contributed by atoms with Crippen molar-refractivity contribution in [1.29, 1.82) is 0 Å². The first-order valence-corrected chi connectivity index (χ1v) is 6.53. The highest BCUT2D eigenvalue weighted by molar-refractivity contribution is 5.91. The van der Waals surface area contributed by atoms with E-state index in [1.165, 1.54) is 36.4 Å². The van der Waals surface area contributed by atoms with Crippen molar-refractivity contribution >= 4 is 11.9 Å². The average Bonchev–Trinajstić information content (AvgIpc) is 2.98. The van der Waals surface area contributed by atoms with Crippen LogP contribution in [0.15, 0.2) is 40.8 Å². The van der Waals surface area contributed by atoms with Crippen LogP contribution in [0.5, 0.6) is 11.7 Å². The third kappa shape index (κ3) is 4.71. The number of carbonyl (C=O) groups is 2. The molecule has 122 valence electrons. The molecule has 1 heterocycles. The third-order valence-electron chi connectivity index (χ3n) is 2.70. The molecule has 0 aliphatic heterocycles. The highest BCUT2D eigenvalue weighted by atomic mass is 19.1. The van der Waals surface area contributed by atoms with Crippen LogP contribution in [0.2, 0.25) is 0 Å². The summed E-state index contributed by atoms with van der Waals surface area (Å²) in [4.78, 5) is 22.3. The van der Waals surface area contributed by atoms with Crippen LogP contribution < -0.4 is 15.8 Å². The number of furan rings is 1. The second-order valence-corrected chi connectivity index (χ2v) is 4.39. The molecule has 0 spiro atoms. The number of halogens is 1. The summed E-state index contributed by atoms with van der Waals surface area (Å²) in [6.07, 6.45) is 0. The number of hydrogen-bond donors (Lipinski definition) is 3. The van der Waals surface area contributed by atoms with Crippen LogP contribution in [0.25, 0.3) is 0 Å². The molecule has 23 heavy (non-hydrogen) atoms. The quantitative estimate of drug-likeness (QED) is 0.552. The number of amides is 3. The van der Waals surface area contributed by atoms with E-state index in [0.717, 1.165) is 0 Å². The molecule has 3 amide bonds. The van der Waals surface area contributed by atoms with E-state index in [1.54, 1.807) is 0 Å². The topological polar surface area (TPSA) is 118 Å². The minimum Gasteiger partial charge on any atom is -0.426 e. The fourth-order valence-corrected chi connectivity index (χ4v) is 1.59. The van der Waals surface area contributed by atoms with Gasteiger partial charge in [-0.25, -0.2) is 14.2 Å². The molecule has 4 N–H and O–H groups in total. The summed E-state index contributed by atoms with van der Waals surface area (Å²) in [5.41, 5.74) is 4.82. The fraction of sp³-hybridized carbons (Fsp3) is 0.143. The molecule has 0 bridgehead atoms. The number of carbonyl (C=O) groups excluding carboxylic acids is 2. The molecule has 0 unspecified atom stereocenters. The average molecular weight is 323 g/mol. The Kier molecular flexibility index (Phi) is 5.15. The summed E-state index contributed by atoms with van der Waals surface area (Å²) in [5, 5.41) is 11.7. The highest BCUT2D eigenvalue weighted by Crippen LogP contribution is 2.23. The van der Waals surface area contributed by atoms with Crippen LogP contribution in [0, 0.1) is 5.82 Å². The maximum Gasteiger partial charge on any atom is 0.338 e. The Bertz CT molecular complexity index is 686. The molecule has 0 aliphatic carbocycles. The van der Waals surface area contributed by atoms with Gasteiger partial charge in [0.25, 0.3) is 11.9 Å². The van der Waals surface area contributed by atoms with E-state index >= 15 is 0 Å². The van der Waals surface area contributed by atoms with Crippen molar-refractivity contribution < 1.29 is 28.3 Å². The Morgan fingerprint density at radius 1 is 1.26 bits per heavy atom. The number of hydroxylamine groups is 2. The van der Waals surface area contributed by atoms with Gasteiger partial charge >= 0.3 is 6.03 Å². The Labute approximate surface area is 130 Å². The molecule has 2 rings (SSSR count). The van der Waals surface area contributed by atoms with Crippen molar-refractivity contribution in [2.24, 2.45) is 5.73 Å². The molecule has 9 heteroatoms. The molecule has 0 aliphatic rings. The molecular weight excluding hydrogens is 309 g/mol. The van der Waals surface area contributed by atoms with Crippen molar-refractivity contribution in [1.82, 2.24) is 10.4 Å². The van der Waals surface area contributed by atoms with E-state index in [1.807, 2.05) is 0 Å². The normalized spacial score (nSPS) is 10.2. The Morgan fingerprint density at radius 3 is 2.61 bits per heavy atom. The minimum atomic E-state index is -1.02. The summed E-state index contributed by atoms with van der Waals surface area (Å²) < 4.78 is 23.3. The molecule has 0 fully saturated rings. The highest BCUT2D eigenvalue weighted by Gasteiger charge is 2.13. The first kappa shape index (κ1) is 16.3. The minimum absolute atomic E-state index is 0.0207. The Morgan fingerprint density at radius 2 is 1.96 bits per heavy atom. The van der Waals surface area contributed by atoms with Gasteiger partial charge in [0.05, 0.1) is 6.54 Å². The van der Waals surface area contributed by atoms with Gasteiger partial charge in [-0.3, -0.25) is 10.0 Å². The summed E-state index contributed by atoms with van der Waals surface area (Å²) in [5.74, 6) is -0.568. The van der Waals surface area contributed by atoms with Gasteiger partial charge < -0.3 is 20.2 Å². The first-order chi connectivity index (χ1) is 11.0. The van der Waals surface area contributed by atoms with E-state index in [4.69, 9.17) is 20.1 Å². The maximum atomic E-state index is 12.8. The second-order valence-electron chi connectivity index (χ2n) is 4.39. The summed E-state index contributed by atoms with van der Waals surface area (Å²) in [6, 6.07) is 7.08. The van der Waals surface area contributed by atoms with Crippen molar-refractivity contribution in [3.05, 3.63) is 48.0 Å². The SMILES string of the molecule is NC(=O)N(O)CCNC(=O)c1ccc(Oc2ccc(F)cc2)o1. The maximum absolute atomic E-state index is 12.8. The third-order valence-corrected chi connectivity index (χ3v) is 2.70. The number of urea groups is 1. The lowest BCUT2D eigenvalue weighted by Crippen LogP contribution is -2.39. The zero-order valence-electron chi connectivity index (χ0n) is 11.9.